The van der Waals surface area contributed by atoms with E-state index < -0.39 is 0 Å². The molecule has 0 aliphatic rings. The average molecular weight is 809 g/mol. The summed E-state index contributed by atoms with van der Waals surface area (Å²) < 4.78 is 2.33. The van der Waals surface area contributed by atoms with Gasteiger partial charge in [0, 0.05) is 35.0 Å². The first kappa shape index (κ1) is 52.5. The predicted molar refractivity (Wildman–Crippen MR) is 276 cm³/mol. The fraction of sp³-hybridized carbons (Fsp3) is 0.220. The van der Waals surface area contributed by atoms with Crippen LogP contribution in [0.25, 0.3) is 23.4 Å². The van der Waals surface area contributed by atoms with E-state index in [0.29, 0.717) is 6.54 Å². The van der Waals surface area contributed by atoms with E-state index in [-0.39, 0.29) is 0 Å². The minimum Gasteiger partial charge on any atom is -0.338 e. The first-order valence-corrected chi connectivity index (χ1v) is 21.5. The third-order valence-corrected chi connectivity index (χ3v) is 9.42. The van der Waals surface area contributed by atoms with E-state index in [1.54, 1.807) is 6.92 Å². The standard InChI is InChI=1S/C36H45N.C20H23N.C3H4/c1-8-14-16-18-21-25-32(30-34(12-5)35-26-22-19-23-27-35)28-29-37(31(7)24-20-17-15-9-2)36(13-6)33(10-3)11-4;1-5-8-15-19-16(4)18(7-3)20(12-6-2)21(19)17-13-10-9-11-14-17;1-3-2/h8,10,12-28,30H,5,7,9,11,29H2,1-4,6H3;5-6,8-15H,1,7H2,2-4H3;1H,2H3/b14-8-,17-15-,18-16-,24-20-,25-21+,32-28-,33-10-,34-30+,36-13+;12-6-,15-8-;. The summed E-state index contributed by atoms with van der Waals surface area (Å²) in [5.41, 5.74) is 13.2. The average Bonchev–Trinajstić information content (AvgIpc) is 3.55. The molecule has 0 amide bonds. The van der Waals surface area contributed by atoms with Crippen LogP contribution in [-0.4, -0.2) is 16.0 Å². The Morgan fingerprint density at radius 1 is 0.770 bits per heavy atom. The van der Waals surface area contributed by atoms with Crippen LogP contribution in [-0.2, 0) is 6.42 Å². The van der Waals surface area contributed by atoms with Crippen LogP contribution in [0, 0.1) is 19.3 Å². The first-order valence-electron chi connectivity index (χ1n) is 21.5. The Balaban J connectivity index is 0.000000648. The molecule has 3 rings (SSSR count). The molecule has 0 spiro atoms. The molecule has 0 bridgehead atoms. The highest BCUT2D eigenvalue weighted by molar-refractivity contribution is 5.76. The lowest BCUT2D eigenvalue weighted by Crippen LogP contribution is -2.22. The Kier molecular flexibility index (Phi) is 27.8. The fourth-order valence-electron chi connectivity index (χ4n) is 6.51. The van der Waals surface area contributed by atoms with Crippen LogP contribution < -0.4 is 0 Å². The van der Waals surface area contributed by atoms with Crippen molar-refractivity contribution in [2.45, 2.75) is 81.6 Å². The van der Waals surface area contributed by atoms with Gasteiger partial charge < -0.3 is 9.47 Å². The van der Waals surface area contributed by atoms with Gasteiger partial charge in [0.25, 0.3) is 0 Å². The van der Waals surface area contributed by atoms with Gasteiger partial charge in [-0.25, -0.2) is 0 Å². The highest BCUT2D eigenvalue weighted by Crippen LogP contribution is 2.30. The molecule has 0 aliphatic heterocycles. The third kappa shape index (κ3) is 18.1. The van der Waals surface area contributed by atoms with Crippen molar-refractivity contribution in [3.05, 3.63) is 240 Å². The summed E-state index contributed by atoms with van der Waals surface area (Å²) in [5.74, 6) is 2.25. The number of terminal acetylenes is 1. The molecule has 2 nitrogen and oxygen atoms in total. The van der Waals surface area contributed by atoms with Crippen molar-refractivity contribution in [2.75, 3.05) is 6.54 Å². The van der Waals surface area contributed by atoms with Crippen molar-refractivity contribution in [1.29, 1.82) is 0 Å². The molecular weight excluding hydrogens is 737 g/mol. The molecule has 0 fully saturated rings. The Hall–Kier alpha value is -6.56. The van der Waals surface area contributed by atoms with Crippen molar-refractivity contribution >= 4 is 17.7 Å². The maximum absolute atomic E-state index is 4.60. The lowest BCUT2D eigenvalue weighted by Gasteiger charge is -2.28. The molecule has 3 aromatic rings. The van der Waals surface area contributed by atoms with Crippen LogP contribution in [0.1, 0.15) is 96.3 Å². The zero-order chi connectivity index (χ0) is 45.3. The Morgan fingerprint density at radius 2 is 1.41 bits per heavy atom. The maximum atomic E-state index is 4.60. The molecule has 0 aliphatic carbocycles. The lowest BCUT2D eigenvalue weighted by atomic mass is 10.0. The number of benzene rings is 2. The number of hydrogen-bond donors (Lipinski definition) is 0. The van der Waals surface area contributed by atoms with Crippen LogP contribution in [0.15, 0.2) is 212 Å². The second-order valence-corrected chi connectivity index (χ2v) is 13.6. The summed E-state index contributed by atoms with van der Waals surface area (Å²) in [7, 11) is 0. The van der Waals surface area contributed by atoms with E-state index in [1.807, 2.05) is 55.5 Å². The highest BCUT2D eigenvalue weighted by atomic mass is 15.1. The topological polar surface area (TPSA) is 8.17 Å². The summed E-state index contributed by atoms with van der Waals surface area (Å²) in [6.45, 7) is 31.6. The number of aromatic nitrogens is 1. The zero-order valence-corrected chi connectivity index (χ0v) is 38.7. The molecule has 0 atom stereocenters. The van der Waals surface area contributed by atoms with E-state index >= 15 is 0 Å². The van der Waals surface area contributed by atoms with Crippen molar-refractivity contribution < 1.29 is 0 Å². The molecule has 0 saturated carbocycles. The van der Waals surface area contributed by atoms with Crippen molar-refractivity contribution in [2.24, 2.45) is 0 Å². The SMILES string of the molecule is C#CC.C=C/C=C\c1c(C)c(CC)c(/C=C\C)n1-c1ccccc1.C=C\C(=C/C(=C\CN(C(=C)/C=C\C=C/CC)C(=C/C)/C(=C\C)CC)/C=C/C=C\C=C/C)c1ccccc1. The van der Waals surface area contributed by atoms with Crippen LogP contribution in [0.5, 0.6) is 0 Å². The molecule has 2 heteroatoms. The first-order chi connectivity index (χ1) is 29.7. The number of rotatable bonds is 20. The van der Waals surface area contributed by atoms with E-state index in [2.05, 4.69) is 224 Å². The van der Waals surface area contributed by atoms with Gasteiger partial charge in [0.15, 0.2) is 0 Å². The third-order valence-electron chi connectivity index (χ3n) is 9.42. The van der Waals surface area contributed by atoms with Gasteiger partial charge in [-0.1, -0.05) is 186 Å². The second-order valence-electron chi connectivity index (χ2n) is 13.6. The molecule has 1 heterocycles. The summed E-state index contributed by atoms with van der Waals surface area (Å²) in [6.07, 6.45) is 49.3. The van der Waals surface area contributed by atoms with Crippen LogP contribution >= 0.6 is 0 Å². The molecule has 61 heavy (non-hydrogen) atoms. The van der Waals surface area contributed by atoms with Gasteiger partial charge in [0.2, 0.25) is 0 Å². The van der Waals surface area contributed by atoms with Crippen molar-refractivity contribution in [1.82, 2.24) is 9.47 Å². The fourth-order valence-corrected chi connectivity index (χ4v) is 6.51. The number of allylic oxidation sites excluding steroid dienone is 20. The predicted octanol–water partition coefficient (Wildman–Crippen LogP) is 16.7. The van der Waals surface area contributed by atoms with Gasteiger partial charge in [-0.2, -0.15) is 0 Å². The van der Waals surface area contributed by atoms with Gasteiger partial charge in [-0.15, -0.1) is 12.3 Å². The Labute approximate surface area is 372 Å². The quantitative estimate of drug-likeness (QED) is 0.0815. The molecule has 0 N–H and O–H groups in total. The van der Waals surface area contributed by atoms with E-state index in [9.17, 15) is 0 Å². The summed E-state index contributed by atoms with van der Waals surface area (Å²) >= 11 is 0. The van der Waals surface area contributed by atoms with Gasteiger partial charge in [0.05, 0.1) is 0 Å². The molecule has 1 aromatic heterocycles. The minimum atomic E-state index is 0.686. The summed E-state index contributed by atoms with van der Waals surface area (Å²) in [4.78, 5) is 2.28. The second kappa shape index (κ2) is 32.3. The molecule has 0 radical (unpaired) electrons. The molecule has 318 valence electrons. The van der Waals surface area contributed by atoms with Crippen LogP contribution in [0.2, 0.25) is 0 Å². The number of hydrogen-bond acceptors (Lipinski definition) is 1. The van der Waals surface area contributed by atoms with Crippen LogP contribution in [0.4, 0.5) is 0 Å². The van der Waals surface area contributed by atoms with Gasteiger partial charge >= 0.3 is 0 Å². The van der Waals surface area contributed by atoms with E-state index in [0.717, 1.165) is 41.7 Å². The smallest absolute Gasteiger partial charge is 0.0494 e. The summed E-state index contributed by atoms with van der Waals surface area (Å²) in [6, 6.07) is 20.9. The van der Waals surface area contributed by atoms with Crippen molar-refractivity contribution in [3.63, 3.8) is 0 Å². The van der Waals surface area contributed by atoms with E-state index in [1.165, 1.54) is 39.5 Å². The molecular formula is C59H72N2. The molecule has 0 saturated heterocycles. The number of nitrogens with zero attached hydrogens (tertiary/aromatic N) is 2. The minimum absolute atomic E-state index is 0.686. The van der Waals surface area contributed by atoms with Gasteiger partial charge in [-0.3, -0.25) is 0 Å². The monoisotopic (exact) mass is 809 g/mol. The number of para-hydroxylation sites is 1. The highest BCUT2D eigenvalue weighted by Gasteiger charge is 2.17. The lowest BCUT2D eigenvalue weighted by molar-refractivity contribution is 0.492. The Bertz CT molecular complexity index is 2170. The van der Waals surface area contributed by atoms with Crippen LogP contribution in [0.3, 0.4) is 0 Å². The normalized spacial score (nSPS) is 12.7. The largest absolute Gasteiger partial charge is 0.338 e. The van der Waals surface area contributed by atoms with E-state index in [4.69, 9.17) is 0 Å². The summed E-state index contributed by atoms with van der Waals surface area (Å²) in [5, 5.41) is 0. The molecule has 0 unspecified atom stereocenters. The Morgan fingerprint density at radius 3 is 1.95 bits per heavy atom. The zero-order valence-electron chi connectivity index (χ0n) is 38.7. The molecule has 2 aromatic carbocycles. The van der Waals surface area contributed by atoms with Crippen molar-refractivity contribution in [3.8, 4) is 18.0 Å². The van der Waals surface area contributed by atoms with Gasteiger partial charge in [-0.05, 0) is 131 Å². The maximum Gasteiger partial charge on any atom is 0.0494 e. The van der Waals surface area contributed by atoms with Gasteiger partial charge in [0.1, 0.15) is 0 Å².